The fraction of sp³-hybridized carbons (Fsp3) is 0.188. The van der Waals surface area contributed by atoms with Gasteiger partial charge in [-0.2, -0.15) is 13.2 Å². The Morgan fingerprint density at radius 1 is 1.21 bits per heavy atom. The molecular formula is C16H12ClF3N2O2. The number of hydrogen-bond donors (Lipinski definition) is 1. The Kier molecular flexibility index (Phi) is 4.04. The van der Waals surface area contributed by atoms with Crippen molar-refractivity contribution in [1.29, 1.82) is 0 Å². The van der Waals surface area contributed by atoms with Gasteiger partial charge in [-0.25, -0.2) is 4.79 Å². The summed E-state index contributed by atoms with van der Waals surface area (Å²) in [7, 11) is 1.48. The number of aromatic amines is 1. The van der Waals surface area contributed by atoms with E-state index >= 15 is 0 Å². The van der Waals surface area contributed by atoms with Gasteiger partial charge in [0.15, 0.2) is 0 Å². The van der Waals surface area contributed by atoms with Crippen LogP contribution in [-0.2, 0) is 12.7 Å². The number of fused-ring (bicyclic) bond motifs is 1. The van der Waals surface area contributed by atoms with Crippen LogP contribution in [0.5, 0.6) is 5.75 Å². The lowest BCUT2D eigenvalue weighted by Crippen LogP contribution is -2.17. The van der Waals surface area contributed by atoms with Crippen LogP contribution in [0.3, 0.4) is 0 Å². The molecule has 0 unspecified atom stereocenters. The van der Waals surface area contributed by atoms with Gasteiger partial charge in [0.05, 0.1) is 35.3 Å². The van der Waals surface area contributed by atoms with E-state index in [9.17, 15) is 18.0 Å². The van der Waals surface area contributed by atoms with Crippen molar-refractivity contribution in [2.75, 3.05) is 7.11 Å². The molecule has 0 saturated carbocycles. The van der Waals surface area contributed by atoms with Crippen molar-refractivity contribution in [2.45, 2.75) is 12.7 Å². The van der Waals surface area contributed by atoms with Crippen LogP contribution in [0.2, 0.25) is 5.02 Å². The number of H-pyrrole nitrogens is 1. The highest BCUT2D eigenvalue weighted by molar-refractivity contribution is 6.32. The van der Waals surface area contributed by atoms with Crippen LogP contribution in [-0.4, -0.2) is 16.7 Å². The number of aromatic nitrogens is 2. The van der Waals surface area contributed by atoms with Crippen molar-refractivity contribution >= 4 is 22.6 Å². The summed E-state index contributed by atoms with van der Waals surface area (Å²) in [5.74, 6) is 0.478. The van der Waals surface area contributed by atoms with Crippen LogP contribution in [0.4, 0.5) is 13.2 Å². The monoisotopic (exact) mass is 356 g/mol. The minimum atomic E-state index is -4.48. The van der Waals surface area contributed by atoms with E-state index in [0.717, 1.165) is 12.1 Å². The summed E-state index contributed by atoms with van der Waals surface area (Å²) < 4.78 is 45.0. The van der Waals surface area contributed by atoms with E-state index in [-0.39, 0.29) is 12.1 Å². The highest BCUT2D eigenvalue weighted by atomic mass is 35.5. The van der Waals surface area contributed by atoms with Crippen molar-refractivity contribution in [3.63, 3.8) is 0 Å². The zero-order chi connectivity index (χ0) is 17.5. The summed E-state index contributed by atoms with van der Waals surface area (Å²) in [5.41, 5.74) is -0.109. The molecule has 24 heavy (non-hydrogen) atoms. The first-order chi connectivity index (χ1) is 11.3. The van der Waals surface area contributed by atoms with Crippen LogP contribution in [0.1, 0.15) is 11.1 Å². The number of nitrogens with zero attached hydrogens (tertiary/aromatic N) is 1. The second-order valence-electron chi connectivity index (χ2n) is 5.21. The van der Waals surface area contributed by atoms with Crippen molar-refractivity contribution in [1.82, 2.24) is 9.55 Å². The Balaban J connectivity index is 2.07. The Morgan fingerprint density at radius 3 is 2.58 bits per heavy atom. The Morgan fingerprint density at radius 2 is 1.96 bits per heavy atom. The second-order valence-corrected chi connectivity index (χ2v) is 5.62. The van der Waals surface area contributed by atoms with Crippen LogP contribution in [0, 0.1) is 0 Å². The molecule has 0 atom stereocenters. The highest BCUT2D eigenvalue weighted by Crippen LogP contribution is 2.31. The van der Waals surface area contributed by atoms with Gasteiger partial charge < -0.3 is 9.72 Å². The number of nitrogens with one attached hydrogen (secondary N) is 1. The molecule has 0 saturated heterocycles. The molecule has 0 aliphatic heterocycles. The summed E-state index contributed by atoms with van der Waals surface area (Å²) in [6, 6.07) is 8.09. The van der Waals surface area contributed by atoms with Crippen LogP contribution in [0.15, 0.2) is 41.2 Å². The lowest BCUT2D eigenvalue weighted by Gasteiger charge is -2.09. The molecule has 0 spiro atoms. The number of imidazole rings is 1. The molecule has 0 aliphatic carbocycles. The average Bonchev–Trinajstić information content (AvgIpc) is 2.82. The first-order valence-electron chi connectivity index (χ1n) is 6.92. The van der Waals surface area contributed by atoms with E-state index in [1.165, 1.54) is 17.7 Å². The van der Waals surface area contributed by atoms with Crippen LogP contribution >= 0.6 is 11.6 Å². The van der Waals surface area contributed by atoms with Gasteiger partial charge in [0.1, 0.15) is 5.75 Å². The molecule has 8 heteroatoms. The average molecular weight is 357 g/mol. The summed E-state index contributed by atoms with van der Waals surface area (Å²) in [5, 5.41) is 0.360. The maximum Gasteiger partial charge on any atom is 0.416 e. The minimum Gasteiger partial charge on any atom is -0.495 e. The number of halogens is 4. The molecular weight excluding hydrogens is 345 g/mol. The van der Waals surface area contributed by atoms with Gasteiger partial charge in [0, 0.05) is 0 Å². The van der Waals surface area contributed by atoms with E-state index in [1.807, 2.05) is 0 Å². The van der Waals surface area contributed by atoms with Gasteiger partial charge in [-0.15, -0.1) is 0 Å². The molecule has 4 nitrogen and oxygen atoms in total. The van der Waals surface area contributed by atoms with Crippen LogP contribution < -0.4 is 10.4 Å². The maximum absolute atomic E-state index is 12.9. The molecule has 1 aromatic heterocycles. The van der Waals surface area contributed by atoms with Gasteiger partial charge in [0.2, 0.25) is 0 Å². The molecule has 2 aromatic carbocycles. The number of rotatable bonds is 3. The molecule has 0 bridgehead atoms. The van der Waals surface area contributed by atoms with E-state index in [2.05, 4.69) is 4.98 Å². The number of hydrogen-bond acceptors (Lipinski definition) is 2. The van der Waals surface area contributed by atoms with Gasteiger partial charge >= 0.3 is 11.9 Å². The first kappa shape index (κ1) is 16.4. The highest BCUT2D eigenvalue weighted by Gasteiger charge is 2.31. The minimum absolute atomic E-state index is 0.0872. The van der Waals surface area contributed by atoms with Crippen molar-refractivity contribution in [3.05, 3.63) is 63.0 Å². The molecule has 0 amide bonds. The zero-order valence-electron chi connectivity index (χ0n) is 12.4. The Bertz CT molecular complexity index is 960. The van der Waals surface area contributed by atoms with Crippen molar-refractivity contribution in [2.24, 2.45) is 0 Å². The third-order valence-corrected chi connectivity index (χ3v) is 3.95. The molecule has 3 rings (SSSR count). The molecule has 1 heterocycles. The van der Waals surface area contributed by atoms with E-state index in [1.54, 1.807) is 18.2 Å². The summed E-state index contributed by atoms with van der Waals surface area (Å²) in [4.78, 5) is 14.6. The number of ether oxygens (including phenoxy) is 1. The van der Waals surface area contributed by atoms with E-state index in [4.69, 9.17) is 16.3 Å². The lowest BCUT2D eigenvalue weighted by atomic mass is 10.2. The fourth-order valence-corrected chi connectivity index (χ4v) is 2.76. The molecule has 3 aromatic rings. The van der Waals surface area contributed by atoms with Gasteiger partial charge in [-0.05, 0) is 35.9 Å². The lowest BCUT2D eigenvalue weighted by molar-refractivity contribution is -0.137. The summed E-state index contributed by atoms with van der Waals surface area (Å²) >= 11 is 6.04. The standard InChI is InChI=1S/C16H12ClF3N2O2/c1-24-14-5-2-9(6-11(14)17)8-22-13-7-10(16(18,19)20)3-4-12(13)21-15(22)23/h2-7H,8H2,1H3,(H,21,23). The number of methoxy groups -OCH3 is 1. The molecule has 0 aliphatic rings. The predicted molar refractivity (Wildman–Crippen MR) is 84.7 cm³/mol. The predicted octanol–water partition coefficient (Wildman–Crippen LogP) is 4.06. The zero-order valence-corrected chi connectivity index (χ0v) is 13.2. The Labute approximate surface area is 139 Å². The first-order valence-corrected chi connectivity index (χ1v) is 7.29. The van der Waals surface area contributed by atoms with Crippen molar-refractivity contribution < 1.29 is 17.9 Å². The number of alkyl halides is 3. The van der Waals surface area contributed by atoms with E-state index < -0.39 is 17.4 Å². The molecule has 0 radical (unpaired) electrons. The number of benzene rings is 2. The smallest absolute Gasteiger partial charge is 0.416 e. The molecule has 126 valence electrons. The second kappa shape index (κ2) is 5.90. The Hall–Kier alpha value is -2.41. The van der Waals surface area contributed by atoms with Gasteiger partial charge in [0.25, 0.3) is 0 Å². The fourth-order valence-electron chi connectivity index (χ4n) is 2.48. The third-order valence-electron chi connectivity index (χ3n) is 3.66. The molecule has 0 fully saturated rings. The topological polar surface area (TPSA) is 47.0 Å². The third kappa shape index (κ3) is 2.99. The van der Waals surface area contributed by atoms with Gasteiger partial charge in [-0.3, -0.25) is 4.57 Å². The normalized spacial score (nSPS) is 11.9. The largest absolute Gasteiger partial charge is 0.495 e. The van der Waals surface area contributed by atoms with Gasteiger partial charge in [-0.1, -0.05) is 17.7 Å². The summed E-state index contributed by atoms with van der Waals surface area (Å²) in [6.07, 6.45) is -4.48. The van der Waals surface area contributed by atoms with Crippen LogP contribution in [0.25, 0.3) is 11.0 Å². The quantitative estimate of drug-likeness (QED) is 0.769. The van der Waals surface area contributed by atoms with Crippen molar-refractivity contribution in [3.8, 4) is 5.75 Å². The maximum atomic E-state index is 12.9. The van der Waals surface area contributed by atoms with E-state index in [0.29, 0.717) is 21.9 Å². The SMILES string of the molecule is COc1ccc(Cn2c(=O)[nH]c3ccc(C(F)(F)F)cc32)cc1Cl. The summed E-state index contributed by atoms with van der Waals surface area (Å²) in [6.45, 7) is 0.0872. The molecule has 1 N–H and O–H groups in total.